The normalized spacial score (nSPS) is 23.0. The molecule has 2 aliphatic rings. The minimum absolute atomic E-state index is 0.0881. The highest BCUT2D eigenvalue weighted by Crippen LogP contribution is 2.48. The van der Waals surface area contributed by atoms with Crippen LogP contribution in [0, 0.1) is 5.92 Å². The van der Waals surface area contributed by atoms with Crippen LogP contribution < -0.4 is 0 Å². The molecule has 0 saturated heterocycles. The highest BCUT2D eigenvalue weighted by molar-refractivity contribution is 8.14. The first-order valence-electron chi connectivity index (χ1n) is 8.03. The predicted octanol–water partition coefficient (Wildman–Crippen LogP) is 3.97. The Labute approximate surface area is 152 Å². The summed E-state index contributed by atoms with van der Waals surface area (Å²) in [6.45, 7) is 3.29. The van der Waals surface area contributed by atoms with Crippen molar-refractivity contribution in [1.29, 1.82) is 0 Å². The molecule has 2 aliphatic heterocycles. The van der Waals surface area contributed by atoms with Crippen molar-refractivity contribution >= 4 is 28.6 Å². The standard InChI is InChI=1S/C18H16F3NO3S/c1-3-25-16(23)13-9(2)22-12-8-26-17(24)15(12)14(13)10-6-4-5-7-11(10)18(19,20)21/h4-7,13-14H,3,8H2,1-2H3. The van der Waals surface area contributed by atoms with Gasteiger partial charge < -0.3 is 4.74 Å². The number of carbonyl (C=O) groups is 2. The minimum atomic E-state index is -4.60. The van der Waals surface area contributed by atoms with E-state index < -0.39 is 29.5 Å². The lowest BCUT2D eigenvalue weighted by Gasteiger charge is -2.31. The molecule has 3 rings (SSSR count). The number of alkyl halides is 3. The monoisotopic (exact) mass is 383 g/mol. The Morgan fingerprint density at radius 1 is 1.35 bits per heavy atom. The summed E-state index contributed by atoms with van der Waals surface area (Å²) in [6, 6.07) is 5.04. The largest absolute Gasteiger partial charge is 0.465 e. The van der Waals surface area contributed by atoms with E-state index in [-0.39, 0.29) is 22.9 Å². The van der Waals surface area contributed by atoms with Crippen molar-refractivity contribution in [2.24, 2.45) is 10.9 Å². The highest BCUT2D eigenvalue weighted by Gasteiger charge is 2.47. The molecule has 0 bridgehead atoms. The molecule has 0 aliphatic carbocycles. The number of esters is 1. The minimum Gasteiger partial charge on any atom is -0.465 e. The first-order chi connectivity index (χ1) is 12.3. The maximum absolute atomic E-state index is 13.6. The molecule has 0 saturated carbocycles. The average molecular weight is 383 g/mol. The SMILES string of the molecule is CCOC(=O)C1C(C)=NC2=C(C(=O)SC2)C1c1ccccc1C(F)(F)F. The van der Waals surface area contributed by atoms with Crippen LogP contribution in [0.25, 0.3) is 0 Å². The van der Waals surface area contributed by atoms with Crippen molar-refractivity contribution in [3.05, 3.63) is 46.7 Å². The number of aliphatic imine (C=N–C) groups is 1. The van der Waals surface area contributed by atoms with Crippen LogP contribution in [-0.2, 0) is 20.5 Å². The Morgan fingerprint density at radius 2 is 2.04 bits per heavy atom. The third-order valence-electron chi connectivity index (χ3n) is 4.42. The molecule has 0 aromatic heterocycles. The zero-order valence-corrected chi connectivity index (χ0v) is 14.9. The first kappa shape index (κ1) is 18.7. The summed E-state index contributed by atoms with van der Waals surface area (Å²) in [7, 11) is 0. The Balaban J connectivity index is 2.22. The molecule has 0 N–H and O–H groups in total. The molecule has 0 amide bonds. The van der Waals surface area contributed by atoms with Gasteiger partial charge in [0.15, 0.2) is 0 Å². The highest BCUT2D eigenvalue weighted by atomic mass is 32.2. The van der Waals surface area contributed by atoms with E-state index in [2.05, 4.69) is 4.99 Å². The van der Waals surface area contributed by atoms with Gasteiger partial charge >= 0.3 is 12.1 Å². The van der Waals surface area contributed by atoms with Gasteiger partial charge in [0, 0.05) is 23.0 Å². The van der Waals surface area contributed by atoms with Gasteiger partial charge in [-0.3, -0.25) is 14.6 Å². The van der Waals surface area contributed by atoms with Crippen LogP contribution in [-0.4, -0.2) is 29.2 Å². The van der Waals surface area contributed by atoms with E-state index in [1.54, 1.807) is 13.8 Å². The van der Waals surface area contributed by atoms with E-state index in [0.29, 0.717) is 17.2 Å². The number of carbonyl (C=O) groups excluding carboxylic acids is 2. The lowest BCUT2D eigenvalue weighted by molar-refractivity contribution is -0.147. The summed E-state index contributed by atoms with van der Waals surface area (Å²) >= 11 is 0.990. The zero-order chi connectivity index (χ0) is 19.1. The van der Waals surface area contributed by atoms with E-state index in [1.165, 1.54) is 18.2 Å². The Hall–Kier alpha value is -2.09. The number of halogens is 3. The Morgan fingerprint density at radius 3 is 2.69 bits per heavy atom. The van der Waals surface area contributed by atoms with E-state index >= 15 is 0 Å². The Kier molecular flexibility index (Phi) is 4.96. The number of nitrogens with zero attached hydrogens (tertiary/aromatic N) is 1. The molecule has 2 heterocycles. The van der Waals surface area contributed by atoms with Crippen molar-refractivity contribution in [3.63, 3.8) is 0 Å². The summed E-state index contributed by atoms with van der Waals surface area (Å²) in [4.78, 5) is 29.2. The topological polar surface area (TPSA) is 55.7 Å². The summed E-state index contributed by atoms with van der Waals surface area (Å²) in [6.07, 6.45) is -4.60. The smallest absolute Gasteiger partial charge is 0.416 e. The molecular weight excluding hydrogens is 367 g/mol. The molecule has 26 heavy (non-hydrogen) atoms. The van der Waals surface area contributed by atoms with Crippen molar-refractivity contribution in [2.75, 3.05) is 12.4 Å². The molecule has 8 heteroatoms. The first-order valence-corrected chi connectivity index (χ1v) is 9.02. The second-order valence-corrected chi connectivity index (χ2v) is 6.93. The van der Waals surface area contributed by atoms with Crippen LogP contribution in [0.5, 0.6) is 0 Å². The van der Waals surface area contributed by atoms with Gasteiger partial charge in [-0.05, 0) is 25.5 Å². The number of ether oxygens (including phenoxy) is 1. The van der Waals surface area contributed by atoms with Crippen LogP contribution in [0.1, 0.15) is 30.9 Å². The average Bonchev–Trinajstić information content (AvgIpc) is 2.93. The zero-order valence-electron chi connectivity index (χ0n) is 14.1. The molecule has 4 nitrogen and oxygen atoms in total. The van der Waals surface area contributed by atoms with E-state index in [9.17, 15) is 22.8 Å². The van der Waals surface area contributed by atoms with Gasteiger partial charge in [-0.1, -0.05) is 30.0 Å². The van der Waals surface area contributed by atoms with Crippen molar-refractivity contribution in [3.8, 4) is 0 Å². The van der Waals surface area contributed by atoms with Crippen LogP contribution in [0.4, 0.5) is 13.2 Å². The van der Waals surface area contributed by atoms with Crippen molar-refractivity contribution in [2.45, 2.75) is 25.9 Å². The number of hydrogen-bond acceptors (Lipinski definition) is 5. The van der Waals surface area contributed by atoms with Crippen LogP contribution in [0.2, 0.25) is 0 Å². The number of thioether (sulfide) groups is 1. The molecular formula is C18H16F3NO3S. The van der Waals surface area contributed by atoms with Crippen LogP contribution >= 0.6 is 11.8 Å². The Bertz CT molecular complexity index is 829. The third kappa shape index (κ3) is 3.18. The van der Waals surface area contributed by atoms with Gasteiger partial charge in [-0.2, -0.15) is 13.2 Å². The molecule has 0 spiro atoms. The number of hydrogen-bond donors (Lipinski definition) is 0. The molecule has 0 radical (unpaired) electrons. The fourth-order valence-electron chi connectivity index (χ4n) is 3.40. The molecule has 1 aromatic rings. The third-order valence-corrected chi connectivity index (χ3v) is 5.32. The second kappa shape index (κ2) is 6.90. The summed E-state index contributed by atoms with van der Waals surface area (Å²) in [5, 5.41) is -0.340. The van der Waals surface area contributed by atoms with Crippen molar-refractivity contribution < 1.29 is 27.5 Å². The van der Waals surface area contributed by atoms with Gasteiger partial charge in [0.25, 0.3) is 0 Å². The lowest BCUT2D eigenvalue weighted by Crippen LogP contribution is -2.36. The quantitative estimate of drug-likeness (QED) is 0.741. The van der Waals surface area contributed by atoms with Gasteiger partial charge in [0.05, 0.1) is 17.9 Å². The fraction of sp³-hybridized carbons (Fsp3) is 0.389. The molecule has 138 valence electrons. The van der Waals surface area contributed by atoms with E-state index in [0.717, 1.165) is 17.8 Å². The summed E-state index contributed by atoms with van der Waals surface area (Å²) < 4.78 is 45.8. The maximum atomic E-state index is 13.6. The molecule has 2 unspecified atom stereocenters. The summed E-state index contributed by atoms with van der Waals surface area (Å²) in [5.41, 5.74) is 0.0241. The van der Waals surface area contributed by atoms with Crippen LogP contribution in [0.3, 0.4) is 0 Å². The van der Waals surface area contributed by atoms with Crippen LogP contribution in [0.15, 0.2) is 40.5 Å². The van der Waals surface area contributed by atoms with E-state index in [1.807, 2.05) is 0 Å². The van der Waals surface area contributed by atoms with Gasteiger partial charge in [-0.15, -0.1) is 0 Å². The molecule has 1 aromatic carbocycles. The summed E-state index contributed by atoms with van der Waals surface area (Å²) in [5.74, 6) is -2.49. The fourth-order valence-corrected chi connectivity index (χ4v) is 4.28. The second-order valence-electron chi connectivity index (χ2n) is 5.98. The van der Waals surface area contributed by atoms with E-state index in [4.69, 9.17) is 4.74 Å². The van der Waals surface area contributed by atoms with Gasteiger partial charge in [0.1, 0.15) is 5.92 Å². The van der Waals surface area contributed by atoms with Gasteiger partial charge in [-0.25, -0.2) is 0 Å². The van der Waals surface area contributed by atoms with Crippen molar-refractivity contribution in [1.82, 2.24) is 0 Å². The maximum Gasteiger partial charge on any atom is 0.416 e. The number of benzene rings is 1. The molecule has 0 fully saturated rings. The number of rotatable bonds is 3. The lowest BCUT2D eigenvalue weighted by atomic mass is 9.74. The van der Waals surface area contributed by atoms with Gasteiger partial charge in [0.2, 0.25) is 5.12 Å². The predicted molar refractivity (Wildman–Crippen MR) is 91.9 cm³/mol. The molecule has 2 atom stereocenters.